The second-order valence-corrected chi connectivity index (χ2v) is 6.16. The Morgan fingerprint density at radius 2 is 2.10 bits per heavy atom. The molecule has 20 heavy (non-hydrogen) atoms. The van der Waals surface area contributed by atoms with Crippen molar-refractivity contribution >= 4 is 11.9 Å². The van der Waals surface area contributed by atoms with Crippen LogP contribution in [0, 0.1) is 11.8 Å². The van der Waals surface area contributed by atoms with Crippen molar-refractivity contribution < 1.29 is 14.7 Å². The number of carbonyl (C=O) groups is 2. The molecule has 0 bridgehead atoms. The third-order valence-corrected chi connectivity index (χ3v) is 4.07. The molecule has 0 saturated carbocycles. The number of rotatable bonds is 7. The van der Waals surface area contributed by atoms with Gasteiger partial charge in [0, 0.05) is 6.54 Å². The van der Waals surface area contributed by atoms with Crippen molar-refractivity contribution in [2.45, 2.75) is 52.5 Å². The van der Waals surface area contributed by atoms with Gasteiger partial charge >= 0.3 is 5.97 Å². The predicted molar refractivity (Wildman–Crippen MR) is 78.5 cm³/mol. The normalized spacial score (nSPS) is 23.8. The molecule has 1 aliphatic heterocycles. The van der Waals surface area contributed by atoms with E-state index in [1.807, 2.05) is 0 Å². The van der Waals surface area contributed by atoms with E-state index in [0.717, 1.165) is 19.3 Å². The Morgan fingerprint density at radius 3 is 2.65 bits per heavy atom. The average molecular weight is 284 g/mol. The molecule has 116 valence electrons. The van der Waals surface area contributed by atoms with Gasteiger partial charge in [0.15, 0.2) is 0 Å². The van der Waals surface area contributed by atoms with Gasteiger partial charge in [0.2, 0.25) is 5.91 Å². The van der Waals surface area contributed by atoms with Crippen molar-refractivity contribution in [3.63, 3.8) is 0 Å². The molecule has 0 spiro atoms. The molecule has 1 heterocycles. The minimum Gasteiger partial charge on any atom is -0.480 e. The molecular formula is C15H28N2O3. The molecule has 2 unspecified atom stereocenters. The van der Waals surface area contributed by atoms with Gasteiger partial charge in [-0.05, 0) is 37.6 Å². The van der Waals surface area contributed by atoms with Crippen molar-refractivity contribution in [2.75, 3.05) is 19.6 Å². The fraction of sp³-hybridized carbons (Fsp3) is 0.867. The number of hydrogen-bond acceptors (Lipinski definition) is 3. The van der Waals surface area contributed by atoms with Crippen LogP contribution in [-0.2, 0) is 9.59 Å². The van der Waals surface area contributed by atoms with Crippen LogP contribution in [0.4, 0.5) is 0 Å². The van der Waals surface area contributed by atoms with E-state index in [4.69, 9.17) is 0 Å². The number of nitrogens with one attached hydrogen (secondary N) is 1. The molecule has 0 aliphatic carbocycles. The first-order valence-corrected chi connectivity index (χ1v) is 7.67. The number of carboxylic acid groups (broad SMARTS) is 1. The lowest BCUT2D eigenvalue weighted by atomic mass is 9.89. The fourth-order valence-electron chi connectivity index (χ4n) is 2.64. The summed E-state index contributed by atoms with van der Waals surface area (Å²) in [6.07, 6.45) is 3.61. The largest absolute Gasteiger partial charge is 0.480 e. The standard InChI is InChI=1S/C15H28N2O3/c1-4-12-6-8-17(13(9-12)15(19)20)10-14(18)16-7-5-11(2)3/h11-13H,4-10H2,1-3H3,(H,16,18)(H,19,20). The summed E-state index contributed by atoms with van der Waals surface area (Å²) in [5.74, 6) is 0.156. The number of aliphatic carboxylic acids is 1. The maximum absolute atomic E-state index is 11.9. The molecule has 1 rings (SSSR count). The zero-order chi connectivity index (χ0) is 15.1. The van der Waals surface area contributed by atoms with Crippen LogP contribution < -0.4 is 5.32 Å². The number of carbonyl (C=O) groups excluding carboxylic acids is 1. The Hall–Kier alpha value is -1.10. The molecule has 1 amide bonds. The summed E-state index contributed by atoms with van der Waals surface area (Å²) in [7, 11) is 0. The van der Waals surface area contributed by atoms with Crippen molar-refractivity contribution in [3.8, 4) is 0 Å². The van der Waals surface area contributed by atoms with E-state index in [2.05, 4.69) is 26.1 Å². The Bertz CT molecular complexity index is 331. The Kier molecular flexibility index (Phi) is 6.99. The highest BCUT2D eigenvalue weighted by Crippen LogP contribution is 2.25. The summed E-state index contributed by atoms with van der Waals surface area (Å²) in [6, 6.07) is -0.510. The lowest BCUT2D eigenvalue weighted by Gasteiger charge is -2.36. The lowest BCUT2D eigenvalue weighted by Crippen LogP contribution is -2.50. The van der Waals surface area contributed by atoms with Gasteiger partial charge in [-0.2, -0.15) is 0 Å². The molecular weight excluding hydrogens is 256 g/mol. The molecule has 5 heteroatoms. The molecule has 2 N–H and O–H groups in total. The third-order valence-electron chi connectivity index (χ3n) is 4.07. The molecule has 2 atom stereocenters. The smallest absolute Gasteiger partial charge is 0.320 e. The Morgan fingerprint density at radius 1 is 1.40 bits per heavy atom. The summed E-state index contributed by atoms with van der Waals surface area (Å²) in [6.45, 7) is 7.89. The molecule has 1 fully saturated rings. The summed E-state index contributed by atoms with van der Waals surface area (Å²) in [5.41, 5.74) is 0. The van der Waals surface area contributed by atoms with E-state index in [-0.39, 0.29) is 12.5 Å². The Balaban J connectivity index is 2.44. The van der Waals surface area contributed by atoms with Gasteiger partial charge in [0.1, 0.15) is 6.04 Å². The number of amides is 1. The van der Waals surface area contributed by atoms with Crippen LogP contribution in [0.15, 0.2) is 0 Å². The average Bonchev–Trinajstić information content (AvgIpc) is 2.38. The third kappa shape index (κ3) is 5.49. The highest BCUT2D eigenvalue weighted by atomic mass is 16.4. The van der Waals surface area contributed by atoms with Gasteiger partial charge in [0.25, 0.3) is 0 Å². The molecule has 1 aliphatic rings. The summed E-state index contributed by atoms with van der Waals surface area (Å²) >= 11 is 0. The lowest BCUT2D eigenvalue weighted by molar-refractivity contribution is -0.146. The monoisotopic (exact) mass is 284 g/mol. The van der Waals surface area contributed by atoms with Crippen molar-refractivity contribution in [2.24, 2.45) is 11.8 Å². The fourth-order valence-corrected chi connectivity index (χ4v) is 2.64. The number of likely N-dealkylation sites (tertiary alicyclic amines) is 1. The van der Waals surface area contributed by atoms with Crippen molar-refractivity contribution in [3.05, 3.63) is 0 Å². The maximum atomic E-state index is 11.9. The number of hydrogen-bond donors (Lipinski definition) is 2. The maximum Gasteiger partial charge on any atom is 0.320 e. The van der Waals surface area contributed by atoms with Crippen LogP contribution in [0.5, 0.6) is 0 Å². The first kappa shape index (κ1) is 17.0. The molecule has 0 aromatic rings. The molecule has 0 aromatic carbocycles. The van der Waals surface area contributed by atoms with Gasteiger partial charge in [-0.15, -0.1) is 0 Å². The number of carboxylic acids is 1. The topological polar surface area (TPSA) is 69.6 Å². The van der Waals surface area contributed by atoms with Crippen LogP contribution in [-0.4, -0.2) is 47.6 Å². The van der Waals surface area contributed by atoms with E-state index in [1.54, 1.807) is 4.90 Å². The summed E-state index contributed by atoms with van der Waals surface area (Å²) < 4.78 is 0. The molecule has 0 radical (unpaired) electrons. The van der Waals surface area contributed by atoms with Gasteiger partial charge in [-0.3, -0.25) is 14.5 Å². The zero-order valence-electron chi connectivity index (χ0n) is 12.9. The van der Waals surface area contributed by atoms with E-state index in [1.165, 1.54) is 0 Å². The van der Waals surface area contributed by atoms with Gasteiger partial charge in [-0.25, -0.2) is 0 Å². The van der Waals surface area contributed by atoms with Gasteiger partial charge in [0.05, 0.1) is 6.54 Å². The first-order valence-electron chi connectivity index (χ1n) is 7.67. The van der Waals surface area contributed by atoms with E-state index in [9.17, 15) is 14.7 Å². The first-order chi connectivity index (χ1) is 9.43. The van der Waals surface area contributed by atoms with Crippen LogP contribution >= 0.6 is 0 Å². The second kappa shape index (κ2) is 8.25. The van der Waals surface area contributed by atoms with Gasteiger partial charge in [-0.1, -0.05) is 27.2 Å². The minimum atomic E-state index is -0.807. The van der Waals surface area contributed by atoms with Crippen LogP contribution in [0.3, 0.4) is 0 Å². The van der Waals surface area contributed by atoms with E-state index >= 15 is 0 Å². The highest BCUT2D eigenvalue weighted by Gasteiger charge is 2.33. The molecule has 5 nitrogen and oxygen atoms in total. The zero-order valence-corrected chi connectivity index (χ0v) is 12.9. The van der Waals surface area contributed by atoms with Gasteiger partial charge < -0.3 is 10.4 Å². The van der Waals surface area contributed by atoms with Crippen molar-refractivity contribution in [1.82, 2.24) is 10.2 Å². The quantitative estimate of drug-likeness (QED) is 0.747. The highest BCUT2D eigenvalue weighted by molar-refractivity contribution is 5.80. The summed E-state index contributed by atoms with van der Waals surface area (Å²) in [4.78, 5) is 25.0. The van der Waals surface area contributed by atoms with Crippen molar-refractivity contribution in [1.29, 1.82) is 0 Å². The minimum absolute atomic E-state index is 0.0631. The number of nitrogens with zero attached hydrogens (tertiary/aromatic N) is 1. The van der Waals surface area contributed by atoms with Crippen LogP contribution in [0.25, 0.3) is 0 Å². The van der Waals surface area contributed by atoms with E-state index in [0.29, 0.717) is 31.3 Å². The molecule has 0 aromatic heterocycles. The SMILES string of the molecule is CCC1CCN(CC(=O)NCCC(C)C)C(C(=O)O)C1. The predicted octanol–water partition coefficient (Wildman–Crippen LogP) is 1.72. The second-order valence-electron chi connectivity index (χ2n) is 6.16. The van der Waals surface area contributed by atoms with Crippen LogP contribution in [0.2, 0.25) is 0 Å². The summed E-state index contributed by atoms with van der Waals surface area (Å²) in [5, 5.41) is 12.2. The van der Waals surface area contributed by atoms with Crippen LogP contribution in [0.1, 0.15) is 46.5 Å². The van der Waals surface area contributed by atoms with E-state index < -0.39 is 12.0 Å². The Labute approximate surface area is 121 Å². The number of piperidine rings is 1. The molecule has 1 saturated heterocycles.